The molecule has 1 amide bonds. The molecule has 1 N–H and O–H groups in total. The van der Waals surface area contributed by atoms with Gasteiger partial charge >= 0.3 is 0 Å². The van der Waals surface area contributed by atoms with E-state index in [1.165, 1.54) is 0 Å². The minimum Gasteiger partial charge on any atom is -0.497 e. The van der Waals surface area contributed by atoms with Crippen LogP contribution < -0.4 is 19.5 Å². The number of aromatic nitrogens is 4. The maximum Gasteiger partial charge on any atom is 0.258 e. The lowest BCUT2D eigenvalue weighted by Gasteiger charge is -2.09. The number of ether oxygens (including phenoxy) is 3. The second-order valence-electron chi connectivity index (χ2n) is 7.69. The summed E-state index contributed by atoms with van der Waals surface area (Å²) < 4.78 is 18.2. The number of methoxy groups -OCH3 is 1. The zero-order valence-corrected chi connectivity index (χ0v) is 19.0. The van der Waals surface area contributed by atoms with Crippen LogP contribution in [0.2, 0.25) is 0 Å². The Kier molecular flexibility index (Phi) is 6.38. The second kappa shape index (κ2) is 10.1. The topological polar surface area (TPSA) is 99.9 Å². The van der Waals surface area contributed by atoms with Gasteiger partial charge in [0.25, 0.3) is 5.91 Å². The maximum atomic E-state index is 12.1. The first-order chi connectivity index (χ1) is 17.2. The minimum atomic E-state index is -0.232. The van der Waals surface area contributed by atoms with Crippen molar-refractivity contribution in [2.75, 3.05) is 26.9 Å². The average molecular weight is 470 g/mol. The van der Waals surface area contributed by atoms with Gasteiger partial charge in [0, 0.05) is 11.6 Å². The van der Waals surface area contributed by atoms with Gasteiger partial charge in [-0.05, 0) is 41.1 Å². The highest BCUT2D eigenvalue weighted by Crippen LogP contribution is 2.23. The van der Waals surface area contributed by atoms with Crippen LogP contribution in [0.4, 0.5) is 0 Å². The van der Waals surface area contributed by atoms with E-state index < -0.39 is 0 Å². The molecule has 0 radical (unpaired) electrons. The molecule has 176 valence electrons. The predicted molar refractivity (Wildman–Crippen MR) is 131 cm³/mol. The quantitative estimate of drug-likeness (QED) is 0.330. The molecule has 0 fully saturated rings. The fourth-order valence-corrected chi connectivity index (χ4v) is 3.59. The molecule has 0 spiro atoms. The summed E-state index contributed by atoms with van der Waals surface area (Å²) in [6.07, 6.45) is 0. The fourth-order valence-electron chi connectivity index (χ4n) is 3.59. The molecule has 9 nitrogen and oxygen atoms in total. The molecule has 0 saturated carbocycles. The summed E-state index contributed by atoms with van der Waals surface area (Å²) in [5.41, 5.74) is 1.41. The molecule has 0 atom stereocenters. The highest BCUT2D eigenvalue weighted by Gasteiger charge is 2.11. The van der Waals surface area contributed by atoms with Crippen molar-refractivity contribution in [1.82, 2.24) is 25.1 Å². The monoisotopic (exact) mass is 469 g/mol. The highest BCUT2D eigenvalue weighted by atomic mass is 16.5. The van der Waals surface area contributed by atoms with E-state index in [2.05, 4.69) is 20.6 Å². The van der Waals surface area contributed by atoms with Crippen LogP contribution in [0.15, 0.2) is 78.9 Å². The Bertz CT molecular complexity index is 1480. The van der Waals surface area contributed by atoms with Gasteiger partial charge in [0.2, 0.25) is 5.88 Å². The SMILES string of the molecule is COc1cccc(-c2nnc3ccc(OCCNC(=O)COc4ccc5ccccc5c4)nn23)c1. The molecule has 2 aromatic heterocycles. The van der Waals surface area contributed by atoms with Gasteiger partial charge in [-0.15, -0.1) is 15.3 Å². The van der Waals surface area contributed by atoms with Crippen LogP contribution in [0.5, 0.6) is 17.4 Å². The van der Waals surface area contributed by atoms with E-state index in [4.69, 9.17) is 14.2 Å². The molecular weight excluding hydrogens is 446 g/mol. The summed E-state index contributed by atoms with van der Waals surface area (Å²) in [7, 11) is 1.61. The molecule has 0 bridgehead atoms. The predicted octanol–water partition coefficient (Wildman–Crippen LogP) is 3.53. The van der Waals surface area contributed by atoms with E-state index in [1.807, 2.05) is 66.7 Å². The molecule has 2 heterocycles. The summed E-state index contributed by atoms with van der Waals surface area (Å²) in [4.78, 5) is 12.1. The van der Waals surface area contributed by atoms with Gasteiger partial charge in [0.1, 0.15) is 18.1 Å². The number of carbonyl (C=O) groups excluding carboxylic acids is 1. The number of hydrogen-bond acceptors (Lipinski definition) is 7. The molecule has 0 unspecified atom stereocenters. The molecule has 5 aromatic rings. The number of fused-ring (bicyclic) bond motifs is 2. The number of benzene rings is 3. The summed E-state index contributed by atoms with van der Waals surface area (Å²) in [6, 6.07) is 24.7. The summed E-state index contributed by atoms with van der Waals surface area (Å²) in [5, 5.41) is 17.8. The first kappa shape index (κ1) is 22.1. The van der Waals surface area contributed by atoms with E-state index in [-0.39, 0.29) is 19.1 Å². The van der Waals surface area contributed by atoms with Crippen molar-refractivity contribution in [3.8, 4) is 28.8 Å². The Morgan fingerprint density at radius 2 is 1.77 bits per heavy atom. The number of nitrogens with zero attached hydrogens (tertiary/aromatic N) is 4. The Morgan fingerprint density at radius 3 is 2.66 bits per heavy atom. The van der Waals surface area contributed by atoms with Crippen molar-refractivity contribution in [3.63, 3.8) is 0 Å². The van der Waals surface area contributed by atoms with Crippen LogP contribution in [0.1, 0.15) is 0 Å². The molecular formula is C26H23N5O4. The number of nitrogens with one attached hydrogen (secondary N) is 1. The normalized spacial score (nSPS) is 10.9. The standard InChI is InChI=1S/C26H23N5O4/c1-33-21-8-4-7-20(16-21)26-29-28-23-11-12-25(30-31(23)26)34-14-13-27-24(32)17-35-22-10-9-18-5-2-3-6-19(18)15-22/h2-12,15-16H,13-14,17H2,1H3,(H,27,32). The minimum absolute atomic E-state index is 0.0762. The molecule has 0 aliphatic rings. The number of hydrogen-bond donors (Lipinski definition) is 1. The summed E-state index contributed by atoms with van der Waals surface area (Å²) in [5.74, 6) is 2.09. The van der Waals surface area contributed by atoms with Gasteiger partial charge in [-0.25, -0.2) is 0 Å². The molecule has 3 aromatic carbocycles. The van der Waals surface area contributed by atoms with Crippen molar-refractivity contribution in [2.24, 2.45) is 0 Å². The van der Waals surface area contributed by atoms with E-state index in [9.17, 15) is 4.79 Å². The molecule has 0 aliphatic heterocycles. The van der Waals surface area contributed by atoms with Crippen LogP contribution in [-0.4, -0.2) is 52.6 Å². The van der Waals surface area contributed by atoms with Crippen molar-refractivity contribution in [1.29, 1.82) is 0 Å². The zero-order chi connectivity index (χ0) is 24.0. The smallest absolute Gasteiger partial charge is 0.258 e. The number of carbonyl (C=O) groups is 1. The van der Waals surface area contributed by atoms with Crippen LogP contribution in [0, 0.1) is 0 Å². The molecule has 35 heavy (non-hydrogen) atoms. The van der Waals surface area contributed by atoms with Crippen molar-refractivity contribution in [3.05, 3.63) is 78.9 Å². The van der Waals surface area contributed by atoms with E-state index >= 15 is 0 Å². The van der Waals surface area contributed by atoms with E-state index in [0.29, 0.717) is 35.4 Å². The lowest BCUT2D eigenvalue weighted by atomic mass is 10.1. The maximum absolute atomic E-state index is 12.1. The molecule has 5 rings (SSSR count). The molecule has 0 saturated heterocycles. The largest absolute Gasteiger partial charge is 0.497 e. The third kappa shape index (κ3) is 5.14. The van der Waals surface area contributed by atoms with Crippen LogP contribution in [-0.2, 0) is 4.79 Å². The molecule has 9 heteroatoms. The van der Waals surface area contributed by atoms with Crippen molar-refractivity contribution < 1.29 is 19.0 Å². The van der Waals surface area contributed by atoms with Crippen molar-refractivity contribution >= 4 is 22.3 Å². The summed E-state index contributed by atoms with van der Waals surface area (Å²) in [6.45, 7) is 0.481. The van der Waals surface area contributed by atoms with Crippen LogP contribution in [0.3, 0.4) is 0 Å². The molecule has 0 aliphatic carbocycles. The van der Waals surface area contributed by atoms with E-state index in [0.717, 1.165) is 16.3 Å². The third-order valence-corrected chi connectivity index (χ3v) is 5.33. The first-order valence-corrected chi connectivity index (χ1v) is 11.1. The van der Waals surface area contributed by atoms with Gasteiger partial charge in [0.15, 0.2) is 18.1 Å². The highest BCUT2D eigenvalue weighted by molar-refractivity contribution is 5.84. The first-order valence-electron chi connectivity index (χ1n) is 11.1. The average Bonchev–Trinajstić information content (AvgIpc) is 3.33. The number of rotatable bonds is 9. The number of amides is 1. The van der Waals surface area contributed by atoms with Crippen LogP contribution >= 0.6 is 0 Å². The second-order valence-corrected chi connectivity index (χ2v) is 7.69. The van der Waals surface area contributed by atoms with E-state index in [1.54, 1.807) is 23.8 Å². The van der Waals surface area contributed by atoms with Gasteiger partial charge in [-0.1, -0.05) is 42.5 Å². The van der Waals surface area contributed by atoms with Gasteiger partial charge in [-0.2, -0.15) is 4.52 Å². The van der Waals surface area contributed by atoms with Crippen LogP contribution in [0.25, 0.3) is 27.8 Å². The lowest BCUT2D eigenvalue weighted by Crippen LogP contribution is -2.32. The Labute approximate surface area is 201 Å². The van der Waals surface area contributed by atoms with Gasteiger partial charge in [0.05, 0.1) is 13.7 Å². The zero-order valence-electron chi connectivity index (χ0n) is 19.0. The Morgan fingerprint density at radius 1 is 0.886 bits per heavy atom. The lowest BCUT2D eigenvalue weighted by molar-refractivity contribution is -0.123. The fraction of sp³-hybridized carbons (Fsp3) is 0.154. The third-order valence-electron chi connectivity index (χ3n) is 5.33. The van der Waals surface area contributed by atoms with Gasteiger partial charge < -0.3 is 19.5 Å². The van der Waals surface area contributed by atoms with Crippen molar-refractivity contribution in [2.45, 2.75) is 0 Å². The Hall–Kier alpha value is -4.66. The van der Waals surface area contributed by atoms with Gasteiger partial charge in [-0.3, -0.25) is 4.79 Å². The summed E-state index contributed by atoms with van der Waals surface area (Å²) >= 11 is 0. The Balaban J connectivity index is 1.13.